The molecule has 0 radical (unpaired) electrons. The molecule has 0 aromatic heterocycles. The van der Waals surface area contributed by atoms with Gasteiger partial charge in [-0.2, -0.15) is 0 Å². The van der Waals surface area contributed by atoms with Crippen LogP contribution in [0, 0.1) is 12.8 Å². The van der Waals surface area contributed by atoms with E-state index in [4.69, 9.17) is 4.74 Å². The van der Waals surface area contributed by atoms with E-state index in [9.17, 15) is 4.79 Å². The highest BCUT2D eigenvalue weighted by Gasteiger charge is 2.19. The lowest BCUT2D eigenvalue weighted by molar-refractivity contribution is 0.0371. The summed E-state index contributed by atoms with van der Waals surface area (Å²) in [6, 6.07) is 7.52. The Morgan fingerprint density at radius 1 is 1.47 bits per heavy atom. The third-order valence-electron chi connectivity index (χ3n) is 2.93. The second-order valence-corrected chi connectivity index (χ2v) is 4.26. The van der Waals surface area contributed by atoms with Crippen molar-refractivity contribution in [2.75, 3.05) is 6.61 Å². The SMILES string of the molecule is Cc1cccc(C(=O)OCC2CCC2)c1. The fraction of sp³-hybridized carbons (Fsp3) is 0.462. The zero-order valence-electron chi connectivity index (χ0n) is 9.03. The lowest BCUT2D eigenvalue weighted by atomic mass is 9.86. The molecule has 80 valence electrons. The Morgan fingerprint density at radius 2 is 2.27 bits per heavy atom. The van der Waals surface area contributed by atoms with E-state index >= 15 is 0 Å². The lowest BCUT2D eigenvalue weighted by Gasteiger charge is -2.24. The van der Waals surface area contributed by atoms with E-state index in [-0.39, 0.29) is 5.97 Å². The van der Waals surface area contributed by atoms with Gasteiger partial charge in [-0.25, -0.2) is 4.79 Å². The maximum absolute atomic E-state index is 11.6. The maximum Gasteiger partial charge on any atom is 0.338 e. The summed E-state index contributed by atoms with van der Waals surface area (Å²) in [7, 11) is 0. The third-order valence-corrected chi connectivity index (χ3v) is 2.93. The van der Waals surface area contributed by atoms with Crippen LogP contribution < -0.4 is 0 Å². The average molecular weight is 204 g/mol. The van der Waals surface area contributed by atoms with E-state index in [1.165, 1.54) is 19.3 Å². The molecule has 1 aliphatic rings. The number of carbonyl (C=O) groups is 1. The smallest absolute Gasteiger partial charge is 0.338 e. The van der Waals surface area contributed by atoms with E-state index < -0.39 is 0 Å². The van der Waals surface area contributed by atoms with Crippen molar-refractivity contribution in [3.8, 4) is 0 Å². The van der Waals surface area contributed by atoms with E-state index in [0.29, 0.717) is 18.1 Å². The summed E-state index contributed by atoms with van der Waals surface area (Å²) in [6.45, 7) is 2.56. The first-order valence-electron chi connectivity index (χ1n) is 5.49. The Balaban J connectivity index is 1.89. The highest BCUT2D eigenvalue weighted by molar-refractivity contribution is 5.89. The molecule has 0 saturated heterocycles. The number of benzene rings is 1. The maximum atomic E-state index is 11.6. The number of hydrogen-bond donors (Lipinski definition) is 0. The van der Waals surface area contributed by atoms with Gasteiger partial charge in [-0.3, -0.25) is 0 Å². The summed E-state index contributed by atoms with van der Waals surface area (Å²) in [5.41, 5.74) is 1.75. The third kappa shape index (κ3) is 2.58. The predicted octanol–water partition coefficient (Wildman–Crippen LogP) is 2.95. The summed E-state index contributed by atoms with van der Waals surface area (Å²) in [4.78, 5) is 11.6. The average Bonchev–Trinajstić information content (AvgIpc) is 2.15. The highest BCUT2D eigenvalue weighted by atomic mass is 16.5. The van der Waals surface area contributed by atoms with Gasteiger partial charge in [0.1, 0.15) is 0 Å². The number of aryl methyl sites for hydroxylation is 1. The molecule has 0 unspecified atom stereocenters. The van der Waals surface area contributed by atoms with Gasteiger partial charge in [0.15, 0.2) is 0 Å². The van der Waals surface area contributed by atoms with Crippen molar-refractivity contribution in [2.24, 2.45) is 5.92 Å². The molecule has 2 rings (SSSR count). The largest absolute Gasteiger partial charge is 0.462 e. The molecule has 1 aromatic carbocycles. The van der Waals surface area contributed by atoms with Gasteiger partial charge in [-0.1, -0.05) is 24.1 Å². The van der Waals surface area contributed by atoms with Crippen LogP contribution in [0.2, 0.25) is 0 Å². The topological polar surface area (TPSA) is 26.3 Å². The molecule has 1 saturated carbocycles. The van der Waals surface area contributed by atoms with E-state index in [1.54, 1.807) is 6.07 Å². The molecule has 15 heavy (non-hydrogen) atoms. The molecule has 0 aliphatic heterocycles. The molecule has 0 spiro atoms. The van der Waals surface area contributed by atoms with Crippen LogP contribution in [-0.2, 0) is 4.74 Å². The molecule has 1 aliphatic carbocycles. The number of ether oxygens (including phenoxy) is 1. The first-order valence-corrected chi connectivity index (χ1v) is 5.49. The van der Waals surface area contributed by atoms with Gasteiger partial charge in [-0.15, -0.1) is 0 Å². The van der Waals surface area contributed by atoms with Gasteiger partial charge in [0.05, 0.1) is 12.2 Å². The van der Waals surface area contributed by atoms with Crippen molar-refractivity contribution in [3.63, 3.8) is 0 Å². The minimum Gasteiger partial charge on any atom is -0.462 e. The van der Waals surface area contributed by atoms with Gasteiger partial charge in [0.25, 0.3) is 0 Å². The Labute approximate surface area is 90.3 Å². The summed E-state index contributed by atoms with van der Waals surface area (Å²) >= 11 is 0. The Kier molecular flexibility index (Phi) is 3.05. The molecule has 0 atom stereocenters. The van der Waals surface area contributed by atoms with Crippen LogP contribution in [-0.4, -0.2) is 12.6 Å². The molecular formula is C13H16O2. The highest BCUT2D eigenvalue weighted by Crippen LogP contribution is 2.26. The van der Waals surface area contributed by atoms with Gasteiger partial charge in [0.2, 0.25) is 0 Å². The lowest BCUT2D eigenvalue weighted by Crippen LogP contribution is -2.20. The van der Waals surface area contributed by atoms with E-state index in [0.717, 1.165) is 5.56 Å². The Hall–Kier alpha value is -1.31. The van der Waals surface area contributed by atoms with Crippen molar-refractivity contribution in [2.45, 2.75) is 26.2 Å². The van der Waals surface area contributed by atoms with E-state index in [1.807, 2.05) is 25.1 Å². The molecule has 1 fully saturated rings. The standard InChI is InChI=1S/C13H16O2/c1-10-4-2-7-12(8-10)13(14)15-9-11-5-3-6-11/h2,4,7-8,11H,3,5-6,9H2,1H3. The molecule has 2 heteroatoms. The summed E-state index contributed by atoms with van der Waals surface area (Å²) in [6.07, 6.45) is 3.70. The number of hydrogen-bond acceptors (Lipinski definition) is 2. The molecular weight excluding hydrogens is 188 g/mol. The number of rotatable bonds is 3. The molecule has 0 amide bonds. The van der Waals surface area contributed by atoms with Crippen LogP contribution in [0.5, 0.6) is 0 Å². The Bertz CT molecular complexity index is 353. The fourth-order valence-corrected chi connectivity index (χ4v) is 1.71. The second kappa shape index (κ2) is 4.47. The predicted molar refractivity (Wildman–Crippen MR) is 58.8 cm³/mol. The van der Waals surface area contributed by atoms with Gasteiger partial charge < -0.3 is 4.74 Å². The summed E-state index contributed by atoms with van der Waals surface area (Å²) in [5, 5.41) is 0. The zero-order valence-corrected chi connectivity index (χ0v) is 9.03. The van der Waals surface area contributed by atoms with Crippen LogP contribution in [0.1, 0.15) is 35.2 Å². The first kappa shape index (κ1) is 10.2. The van der Waals surface area contributed by atoms with Gasteiger partial charge in [0, 0.05) is 0 Å². The van der Waals surface area contributed by atoms with Crippen molar-refractivity contribution in [3.05, 3.63) is 35.4 Å². The summed E-state index contributed by atoms with van der Waals surface area (Å²) in [5.74, 6) is 0.421. The van der Waals surface area contributed by atoms with Crippen LogP contribution in [0.25, 0.3) is 0 Å². The van der Waals surface area contributed by atoms with Crippen molar-refractivity contribution < 1.29 is 9.53 Å². The Morgan fingerprint density at radius 3 is 2.87 bits per heavy atom. The minimum absolute atomic E-state index is 0.189. The first-order chi connectivity index (χ1) is 7.25. The molecule has 1 aromatic rings. The monoisotopic (exact) mass is 204 g/mol. The second-order valence-electron chi connectivity index (χ2n) is 4.26. The number of esters is 1. The summed E-state index contributed by atoms with van der Waals surface area (Å²) < 4.78 is 5.25. The molecule has 0 heterocycles. The molecule has 0 bridgehead atoms. The van der Waals surface area contributed by atoms with Crippen LogP contribution >= 0.6 is 0 Å². The van der Waals surface area contributed by atoms with Crippen molar-refractivity contribution in [1.82, 2.24) is 0 Å². The van der Waals surface area contributed by atoms with Crippen molar-refractivity contribution in [1.29, 1.82) is 0 Å². The quantitative estimate of drug-likeness (QED) is 0.707. The molecule has 2 nitrogen and oxygen atoms in total. The van der Waals surface area contributed by atoms with Gasteiger partial charge in [-0.05, 0) is 37.8 Å². The van der Waals surface area contributed by atoms with Crippen LogP contribution in [0.3, 0.4) is 0 Å². The fourth-order valence-electron chi connectivity index (χ4n) is 1.71. The normalized spacial score (nSPS) is 15.8. The van der Waals surface area contributed by atoms with Crippen molar-refractivity contribution >= 4 is 5.97 Å². The molecule has 0 N–H and O–H groups in total. The van der Waals surface area contributed by atoms with Crippen LogP contribution in [0.4, 0.5) is 0 Å². The van der Waals surface area contributed by atoms with Gasteiger partial charge >= 0.3 is 5.97 Å². The minimum atomic E-state index is -0.189. The zero-order chi connectivity index (χ0) is 10.7. The number of carbonyl (C=O) groups excluding carboxylic acids is 1. The van der Waals surface area contributed by atoms with E-state index in [2.05, 4.69) is 0 Å². The van der Waals surface area contributed by atoms with Crippen LogP contribution in [0.15, 0.2) is 24.3 Å².